The lowest BCUT2D eigenvalue weighted by molar-refractivity contribution is -0.140. The Hall–Kier alpha value is -0.180. The Balaban J connectivity index is 1.73. The van der Waals surface area contributed by atoms with Crippen molar-refractivity contribution in [2.24, 2.45) is 5.92 Å². The molecule has 6 nitrogen and oxygen atoms in total. The molecule has 0 spiro atoms. The minimum atomic E-state index is -3.23. The third-order valence-electron chi connectivity index (χ3n) is 4.45. The third-order valence-corrected chi connectivity index (χ3v) is 7.62. The fraction of sp³-hybridized carbons (Fsp3) is 0.929. The van der Waals surface area contributed by atoms with E-state index in [1.165, 1.54) is 17.1 Å². The summed E-state index contributed by atoms with van der Waals surface area (Å²) in [4.78, 5) is 13.9. The van der Waals surface area contributed by atoms with Crippen LogP contribution >= 0.6 is 15.9 Å². The molecule has 1 saturated heterocycles. The molecule has 0 radical (unpaired) electrons. The second-order valence-corrected chi connectivity index (χ2v) is 9.48. The number of carbonyl (C=O) groups is 1. The van der Waals surface area contributed by atoms with Crippen molar-refractivity contribution in [2.75, 3.05) is 37.4 Å². The number of hydrogen-bond donors (Lipinski definition) is 0. The van der Waals surface area contributed by atoms with E-state index in [-0.39, 0.29) is 23.3 Å². The summed E-state index contributed by atoms with van der Waals surface area (Å²) in [6.07, 6.45) is 4.68. The molecule has 0 aromatic rings. The van der Waals surface area contributed by atoms with Gasteiger partial charge in [-0.25, -0.2) is 8.42 Å². The van der Waals surface area contributed by atoms with Gasteiger partial charge in [0.1, 0.15) is 11.3 Å². The number of piperazine rings is 1. The molecule has 1 saturated carbocycles. The molecule has 2 atom stereocenters. The van der Waals surface area contributed by atoms with Crippen LogP contribution in [0.15, 0.2) is 0 Å². The number of hydrogen-bond acceptors (Lipinski definition) is 4. The normalized spacial score (nSPS) is 27.8. The summed E-state index contributed by atoms with van der Waals surface area (Å²) < 4.78 is 30.6. The van der Waals surface area contributed by atoms with Gasteiger partial charge in [-0.3, -0.25) is 4.79 Å². The predicted octanol–water partition coefficient (Wildman–Crippen LogP) is 1.41. The van der Waals surface area contributed by atoms with Crippen LogP contribution in [0.1, 0.15) is 32.6 Å². The Bertz CT molecular complexity index is 477. The van der Waals surface area contributed by atoms with E-state index in [0.717, 1.165) is 12.8 Å². The fourth-order valence-electron chi connectivity index (χ4n) is 3.09. The molecule has 0 aromatic carbocycles. The van der Waals surface area contributed by atoms with Crippen LogP contribution in [0.4, 0.5) is 0 Å². The van der Waals surface area contributed by atoms with E-state index in [0.29, 0.717) is 32.1 Å². The second-order valence-electron chi connectivity index (χ2n) is 6.21. The summed E-state index contributed by atoms with van der Waals surface area (Å²) in [6.45, 7) is 3.94. The van der Waals surface area contributed by atoms with Gasteiger partial charge in [-0.2, -0.15) is 4.31 Å². The first-order valence-corrected chi connectivity index (χ1v) is 10.6. The predicted molar refractivity (Wildman–Crippen MR) is 88.2 cm³/mol. The van der Waals surface area contributed by atoms with E-state index in [2.05, 4.69) is 22.9 Å². The summed E-state index contributed by atoms with van der Waals surface area (Å²) in [7, 11) is -3.23. The molecule has 2 fully saturated rings. The van der Waals surface area contributed by atoms with Gasteiger partial charge in [0.25, 0.3) is 0 Å². The molecule has 0 aromatic heterocycles. The van der Waals surface area contributed by atoms with E-state index in [4.69, 9.17) is 4.74 Å². The summed E-state index contributed by atoms with van der Waals surface area (Å²) in [6, 6.07) is 0. The van der Waals surface area contributed by atoms with Gasteiger partial charge in [0.05, 0.1) is 6.10 Å². The first-order valence-electron chi connectivity index (χ1n) is 7.85. The lowest BCUT2D eigenvalue weighted by Gasteiger charge is -2.34. The zero-order chi connectivity index (χ0) is 16.2. The summed E-state index contributed by atoms with van der Waals surface area (Å²) in [5, 5.41) is 0. The average molecular weight is 397 g/mol. The van der Waals surface area contributed by atoms with Gasteiger partial charge in [0.2, 0.25) is 15.9 Å². The quantitative estimate of drug-likeness (QED) is 0.658. The van der Waals surface area contributed by atoms with Crippen molar-refractivity contribution >= 4 is 31.9 Å². The Morgan fingerprint density at radius 2 is 1.91 bits per heavy atom. The van der Waals surface area contributed by atoms with Crippen molar-refractivity contribution < 1.29 is 17.9 Å². The number of carbonyl (C=O) groups excluding carboxylic acids is 1. The molecule has 1 aliphatic carbocycles. The Morgan fingerprint density at radius 3 is 2.50 bits per heavy atom. The van der Waals surface area contributed by atoms with Crippen molar-refractivity contribution in [1.82, 2.24) is 9.21 Å². The fourth-order valence-corrected chi connectivity index (χ4v) is 4.82. The van der Waals surface area contributed by atoms with Gasteiger partial charge >= 0.3 is 0 Å². The van der Waals surface area contributed by atoms with E-state index in [9.17, 15) is 13.2 Å². The van der Waals surface area contributed by atoms with Crippen LogP contribution in [0.3, 0.4) is 0 Å². The van der Waals surface area contributed by atoms with E-state index < -0.39 is 10.0 Å². The van der Waals surface area contributed by atoms with Crippen LogP contribution in [0.2, 0.25) is 0 Å². The molecule has 1 amide bonds. The van der Waals surface area contributed by atoms with Crippen molar-refractivity contribution in [1.29, 1.82) is 0 Å². The third kappa shape index (κ3) is 4.91. The summed E-state index contributed by atoms with van der Waals surface area (Å²) >= 11 is 2.99. The van der Waals surface area contributed by atoms with E-state index in [1.54, 1.807) is 4.90 Å². The van der Waals surface area contributed by atoms with Gasteiger partial charge < -0.3 is 9.64 Å². The smallest absolute Gasteiger partial charge is 0.248 e. The maximum absolute atomic E-state index is 12.2. The van der Waals surface area contributed by atoms with Crippen LogP contribution in [0.25, 0.3) is 0 Å². The van der Waals surface area contributed by atoms with Crippen molar-refractivity contribution in [3.63, 3.8) is 0 Å². The summed E-state index contributed by atoms with van der Waals surface area (Å²) in [5.41, 5.74) is 0. The average Bonchev–Trinajstić information content (AvgIpc) is 2.53. The largest absolute Gasteiger partial charge is 0.368 e. The second kappa shape index (κ2) is 8.08. The highest BCUT2D eigenvalue weighted by Gasteiger charge is 2.28. The highest BCUT2D eigenvalue weighted by Crippen LogP contribution is 2.25. The van der Waals surface area contributed by atoms with Gasteiger partial charge in [-0.05, 0) is 18.8 Å². The Morgan fingerprint density at radius 1 is 1.23 bits per heavy atom. The first-order chi connectivity index (χ1) is 10.4. The molecule has 1 aliphatic heterocycles. The lowest BCUT2D eigenvalue weighted by Crippen LogP contribution is -2.51. The zero-order valence-corrected chi connectivity index (χ0v) is 15.4. The molecule has 8 heteroatoms. The van der Waals surface area contributed by atoms with Crippen LogP contribution < -0.4 is 0 Å². The van der Waals surface area contributed by atoms with Crippen molar-refractivity contribution in [3.05, 3.63) is 0 Å². The van der Waals surface area contributed by atoms with Gasteiger partial charge in [-0.15, -0.1) is 0 Å². The molecule has 22 heavy (non-hydrogen) atoms. The van der Waals surface area contributed by atoms with Crippen molar-refractivity contribution in [2.45, 2.75) is 38.7 Å². The molecular weight excluding hydrogens is 372 g/mol. The number of halogens is 1. The van der Waals surface area contributed by atoms with Crippen molar-refractivity contribution in [3.8, 4) is 0 Å². The lowest BCUT2D eigenvalue weighted by atomic mass is 9.89. The zero-order valence-electron chi connectivity index (χ0n) is 13.0. The molecular formula is C14H25BrN2O4S. The van der Waals surface area contributed by atoms with Crippen LogP contribution in [0, 0.1) is 5.92 Å². The van der Waals surface area contributed by atoms with Gasteiger partial charge in [0.15, 0.2) is 0 Å². The minimum absolute atomic E-state index is 0.0332. The van der Waals surface area contributed by atoms with Crippen LogP contribution in [0.5, 0.6) is 0 Å². The molecule has 0 bridgehead atoms. The number of nitrogens with zero attached hydrogens (tertiary/aromatic N) is 2. The van der Waals surface area contributed by atoms with Crippen LogP contribution in [-0.4, -0.2) is 67.1 Å². The molecule has 0 unspecified atom stereocenters. The van der Waals surface area contributed by atoms with E-state index in [1.807, 2.05) is 0 Å². The maximum atomic E-state index is 12.2. The monoisotopic (exact) mass is 396 g/mol. The molecule has 2 rings (SSSR count). The SMILES string of the molecule is C[C@@H]1CCC[C@@H](OCC(=O)N2CCN(S(=O)(=O)CBr)CC2)C1. The van der Waals surface area contributed by atoms with Gasteiger partial charge in [-0.1, -0.05) is 35.7 Å². The molecule has 0 N–H and O–H groups in total. The minimum Gasteiger partial charge on any atom is -0.368 e. The molecule has 1 heterocycles. The number of ether oxygens (including phenoxy) is 1. The molecule has 2 aliphatic rings. The first kappa shape index (κ1) is 18.2. The topological polar surface area (TPSA) is 66.9 Å². The highest BCUT2D eigenvalue weighted by atomic mass is 79.9. The maximum Gasteiger partial charge on any atom is 0.248 e. The highest BCUT2D eigenvalue weighted by molar-refractivity contribution is 9.10. The Kier molecular flexibility index (Phi) is 6.67. The summed E-state index contributed by atoms with van der Waals surface area (Å²) in [5.74, 6) is 0.640. The Labute approximate surface area is 141 Å². The number of rotatable bonds is 5. The molecule has 128 valence electrons. The number of alkyl halides is 1. The standard InChI is InChI=1S/C14H25BrN2O4S/c1-12-3-2-4-13(9-12)21-10-14(18)16-5-7-17(8-6-16)22(19,20)11-15/h12-13H,2-11H2,1H3/t12-,13-/m1/s1. The number of amides is 1. The van der Waals surface area contributed by atoms with Crippen LogP contribution in [-0.2, 0) is 19.6 Å². The van der Waals surface area contributed by atoms with Gasteiger partial charge in [0, 0.05) is 26.2 Å². The van der Waals surface area contributed by atoms with E-state index >= 15 is 0 Å². The number of sulfonamides is 1.